The molecule has 29 heavy (non-hydrogen) atoms. The first-order valence-corrected chi connectivity index (χ1v) is 9.93. The minimum atomic E-state index is -0.216. The van der Waals surface area contributed by atoms with Gasteiger partial charge in [0.25, 0.3) is 5.91 Å². The van der Waals surface area contributed by atoms with Gasteiger partial charge < -0.3 is 24.4 Å². The molecule has 1 fully saturated rings. The maximum atomic E-state index is 12.5. The van der Waals surface area contributed by atoms with Crippen LogP contribution in [-0.2, 0) is 9.53 Å². The van der Waals surface area contributed by atoms with Crippen molar-refractivity contribution >= 4 is 11.8 Å². The summed E-state index contributed by atoms with van der Waals surface area (Å²) in [5.74, 6) is 1.01. The SMILES string of the molecule is COCCNC(=O)c1ccc(OC)cc1OC1CCN(C(=O)[C@@H]2C=CCN2)CC1. The van der Waals surface area contributed by atoms with Crippen molar-refractivity contribution in [3.63, 3.8) is 0 Å². The fourth-order valence-corrected chi connectivity index (χ4v) is 3.48. The second kappa shape index (κ2) is 10.3. The Hall–Kier alpha value is -2.58. The molecule has 0 aliphatic carbocycles. The summed E-state index contributed by atoms with van der Waals surface area (Å²) in [5.41, 5.74) is 0.459. The molecule has 0 saturated carbocycles. The molecule has 8 heteroatoms. The van der Waals surface area contributed by atoms with E-state index in [-0.39, 0.29) is 24.0 Å². The molecular weight excluding hydrogens is 374 g/mol. The fraction of sp³-hybridized carbons (Fsp3) is 0.524. The zero-order valence-electron chi connectivity index (χ0n) is 17.0. The molecule has 8 nitrogen and oxygen atoms in total. The number of hydrogen-bond donors (Lipinski definition) is 2. The van der Waals surface area contributed by atoms with Crippen molar-refractivity contribution in [1.29, 1.82) is 0 Å². The van der Waals surface area contributed by atoms with Crippen LogP contribution in [0, 0.1) is 0 Å². The number of nitrogens with zero attached hydrogens (tertiary/aromatic N) is 1. The molecule has 3 rings (SSSR count). The second-order valence-electron chi connectivity index (χ2n) is 7.07. The Kier molecular flexibility index (Phi) is 7.48. The summed E-state index contributed by atoms with van der Waals surface area (Å²) in [7, 11) is 3.16. The van der Waals surface area contributed by atoms with E-state index in [0.29, 0.717) is 56.1 Å². The highest BCUT2D eigenvalue weighted by atomic mass is 16.5. The number of rotatable bonds is 8. The monoisotopic (exact) mass is 403 g/mol. The quantitative estimate of drug-likeness (QED) is 0.497. The van der Waals surface area contributed by atoms with Gasteiger partial charge in [-0.3, -0.25) is 14.9 Å². The van der Waals surface area contributed by atoms with Gasteiger partial charge in [-0.1, -0.05) is 12.2 Å². The Bertz CT molecular complexity index is 744. The molecule has 0 unspecified atom stereocenters. The summed E-state index contributed by atoms with van der Waals surface area (Å²) in [6.07, 6.45) is 5.24. The molecule has 1 aromatic carbocycles. The Labute approximate surface area is 171 Å². The number of carbonyl (C=O) groups is 2. The van der Waals surface area contributed by atoms with Crippen LogP contribution in [-0.4, -0.2) is 75.9 Å². The Balaban J connectivity index is 1.61. The molecule has 1 atom stereocenters. The lowest BCUT2D eigenvalue weighted by molar-refractivity contribution is -0.133. The van der Waals surface area contributed by atoms with Crippen LogP contribution in [0.2, 0.25) is 0 Å². The molecule has 0 radical (unpaired) electrons. The fourth-order valence-electron chi connectivity index (χ4n) is 3.48. The van der Waals surface area contributed by atoms with Crippen molar-refractivity contribution in [3.8, 4) is 11.5 Å². The van der Waals surface area contributed by atoms with Crippen LogP contribution < -0.4 is 20.1 Å². The maximum absolute atomic E-state index is 12.5. The number of likely N-dealkylation sites (tertiary alicyclic amines) is 1. The minimum absolute atomic E-state index is 0.0660. The average molecular weight is 403 g/mol. The Morgan fingerprint density at radius 2 is 2.03 bits per heavy atom. The number of ether oxygens (including phenoxy) is 3. The third-order valence-corrected chi connectivity index (χ3v) is 5.12. The summed E-state index contributed by atoms with van der Waals surface area (Å²) >= 11 is 0. The van der Waals surface area contributed by atoms with Gasteiger partial charge in [0.2, 0.25) is 5.91 Å². The lowest BCUT2D eigenvalue weighted by Crippen LogP contribution is -2.48. The van der Waals surface area contributed by atoms with Crippen LogP contribution in [0.3, 0.4) is 0 Å². The van der Waals surface area contributed by atoms with E-state index in [0.717, 1.165) is 6.54 Å². The van der Waals surface area contributed by atoms with E-state index in [1.807, 2.05) is 17.1 Å². The summed E-state index contributed by atoms with van der Waals surface area (Å²) in [6.45, 7) is 2.87. The summed E-state index contributed by atoms with van der Waals surface area (Å²) in [6, 6.07) is 4.96. The topological polar surface area (TPSA) is 89.1 Å². The van der Waals surface area contributed by atoms with Gasteiger partial charge in [0.15, 0.2) is 0 Å². The number of hydrogen-bond acceptors (Lipinski definition) is 6. The zero-order chi connectivity index (χ0) is 20.6. The van der Waals surface area contributed by atoms with E-state index in [2.05, 4.69) is 10.6 Å². The predicted molar refractivity (Wildman–Crippen MR) is 108 cm³/mol. The van der Waals surface area contributed by atoms with Crippen LogP contribution in [0.5, 0.6) is 11.5 Å². The highest BCUT2D eigenvalue weighted by molar-refractivity contribution is 5.97. The predicted octanol–water partition coefficient (Wildman–Crippen LogP) is 0.969. The number of benzene rings is 1. The third-order valence-electron chi connectivity index (χ3n) is 5.12. The first-order valence-electron chi connectivity index (χ1n) is 9.93. The zero-order valence-corrected chi connectivity index (χ0v) is 17.0. The van der Waals surface area contributed by atoms with Gasteiger partial charge in [0, 0.05) is 52.2 Å². The van der Waals surface area contributed by atoms with Gasteiger partial charge in [-0.15, -0.1) is 0 Å². The molecule has 2 heterocycles. The largest absolute Gasteiger partial charge is 0.497 e. The molecule has 158 valence electrons. The number of carbonyl (C=O) groups excluding carboxylic acids is 2. The van der Waals surface area contributed by atoms with E-state index in [1.54, 1.807) is 32.4 Å². The smallest absolute Gasteiger partial charge is 0.255 e. The molecule has 2 aliphatic heterocycles. The van der Waals surface area contributed by atoms with E-state index < -0.39 is 0 Å². The van der Waals surface area contributed by atoms with Gasteiger partial charge in [-0.25, -0.2) is 0 Å². The number of amides is 2. The number of methoxy groups -OCH3 is 2. The van der Waals surface area contributed by atoms with E-state index >= 15 is 0 Å². The van der Waals surface area contributed by atoms with Gasteiger partial charge in [0.1, 0.15) is 23.6 Å². The maximum Gasteiger partial charge on any atom is 0.255 e. The standard InChI is InChI=1S/C21H29N3O5/c1-27-13-10-23-20(25)17-6-5-16(28-2)14-19(17)29-15-7-11-24(12-8-15)21(26)18-4-3-9-22-18/h3-6,14-15,18,22H,7-13H2,1-2H3,(H,23,25)/t18-/m0/s1. The van der Waals surface area contributed by atoms with Crippen LogP contribution >= 0.6 is 0 Å². The van der Waals surface area contributed by atoms with Gasteiger partial charge in [0.05, 0.1) is 19.3 Å². The first-order chi connectivity index (χ1) is 14.1. The van der Waals surface area contributed by atoms with Crippen LogP contribution in [0.25, 0.3) is 0 Å². The van der Waals surface area contributed by atoms with Crippen molar-refractivity contribution in [3.05, 3.63) is 35.9 Å². The van der Waals surface area contributed by atoms with Crippen LogP contribution in [0.4, 0.5) is 0 Å². The van der Waals surface area contributed by atoms with E-state index in [4.69, 9.17) is 14.2 Å². The van der Waals surface area contributed by atoms with Crippen molar-refractivity contribution in [1.82, 2.24) is 15.5 Å². The minimum Gasteiger partial charge on any atom is -0.497 e. The first kappa shape index (κ1) is 21.1. The van der Waals surface area contributed by atoms with E-state index in [1.165, 1.54) is 0 Å². The van der Waals surface area contributed by atoms with Gasteiger partial charge >= 0.3 is 0 Å². The molecule has 2 amide bonds. The third kappa shape index (κ3) is 5.48. The normalized spacial score (nSPS) is 19.2. The molecule has 2 N–H and O–H groups in total. The second-order valence-corrected chi connectivity index (χ2v) is 7.07. The van der Waals surface area contributed by atoms with Crippen molar-refractivity contribution in [2.45, 2.75) is 25.0 Å². The number of nitrogens with one attached hydrogen (secondary N) is 2. The van der Waals surface area contributed by atoms with Crippen molar-refractivity contribution in [2.24, 2.45) is 0 Å². The molecule has 1 saturated heterocycles. The molecule has 0 bridgehead atoms. The summed E-state index contributed by atoms with van der Waals surface area (Å²) in [4.78, 5) is 26.9. The molecule has 1 aromatic rings. The van der Waals surface area contributed by atoms with Crippen molar-refractivity contribution in [2.75, 3.05) is 47.0 Å². The van der Waals surface area contributed by atoms with Crippen molar-refractivity contribution < 1.29 is 23.8 Å². The highest BCUT2D eigenvalue weighted by Gasteiger charge is 2.29. The van der Waals surface area contributed by atoms with Crippen LogP contribution in [0.1, 0.15) is 23.2 Å². The summed E-state index contributed by atoms with van der Waals surface area (Å²) < 4.78 is 16.4. The Morgan fingerprint density at radius 1 is 1.24 bits per heavy atom. The Morgan fingerprint density at radius 3 is 2.69 bits per heavy atom. The molecule has 2 aliphatic rings. The molecular formula is C21H29N3O5. The van der Waals surface area contributed by atoms with E-state index in [9.17, 15) is 9.59 Å². The number of piperidine rings is 1. The highest BCUT2D eigenvalue weighted by Crippen LogP contribution is 2.28. The van der Waals surface area contributed by atoms with Gasteiger partial charge in [-0.2, -0.15) is 0 Å². The summed E-state index contributed by atoms with van der Waals surface area (Å²) in [5, 5.41) is 5.97. The van der Waals surface area contributed by atoms with Crippen LogP contribution in [0.15, 0.2) is 30.4 Å². The average Bonchev–Trinajstić information content (AvgIpc) is 3.28. The lowest BCUT2D eigenvalue weighted by Gasteiger charge is -2.33. The molecule has 0 aromatic heterocycles. The van der Waals surface area contributed by atoms with Gasteiger partial charge in [-0.05, 0) is 12.1 Å². The lowest BCUT2D eigenvalue weighted by atomic mass is 10.1. The molecule has 0 spiro atoms.